The highest BCUT2D eigenvalue weighted by molar-refractivity contribution is 14.1. The van der Waals surface area contributed by atoms with Crippen molar-refractivity contribution in [2.24, 2.45) is 5.92 Å². The highest BCUT2D eigenvalue weighted by atomic mass is 127. The molecule has 1 aromatic carbocycles. The lowest BCUT2D eigenvalue weighted by Gasteiger charge is -2.30. The molecule has 0 saturated carbocycles. The van der Waals surface area contributed by atoms with E-state index in [4.69, 9.17) is 0 Å². The van der Waals surface area contributed by atoms with Crippen LogP contribution >= 0.6 is 22.6 Å². The first-order chi connectivity index (χ1) is 12.0. The van der Waals surface area contributed by atoms with Gasteiger partial charge in [-0.25, -0.2) is 8.42 Å². The third-order valence-corrected chi connectivity index (χ3v) is 7.05. The predicted octanol–water partition coefficient (Wildman–Crippen LogP) is 2.73. The molecule has 0 radical (unpaired) electrons. The fraction of sp³-hybridized carbons (Fsp3) is 0.294. The summed E-state index contributed by atoms with van der Waals surface area (Å²) in [6.45, 7) is 0.669. The first kappa shape index (κ1) is 18.3. The summed E-state index contributed by atoms with van der Waals surface area (Å²) in [5, 5.41) is 2.94. The molecule has 132 valence electrons. The fourth-order valence-corrected chi connectivity index (χ4v) is 4.76. The van der Waals surface area contributed by atoms with Crippen LogP contribution in [0.4, 0.5) is 5.69 Å². The van der Waals surface area contributed by atoms with Crippen LogP contribution in [0.2, 0.25) is 0 Å². The van der Waals surface area contributed by atoms with Crippen molar-refractivity contribution in [3.05, 3.63) is 52.4 Å². The Hall–Kier alpha value is -1.52. The van der Waals surface area contributed by atoms with Gasteiger partial charge in [-0.1, -0.05) is 12.1 Å². The Kier molecular flexibility index (Phi) is 5.70. The molecule has 1 aromatic heterocycles. The topological polar surface area (TPSA) is 79.4 Å². The molecule has 1 N–H and O–H groups in total. The van der Waals surface area contributed by atoms with Crippen LogP contribution in [0.5, 0.6) is 0 Å². The van der Waals surface area contributed by atoms with Crippen LogP contribution in [0.25, 0.3) is 0 Å². The maximum Gasteiger partial charge on any atom is 0.244 e. The van der Waals surface area contributed by atoms with Gasteiger partial charge in [-0.05, 0) is 59.7 Å². The number of para-hydroxylation sites is 1. The second-order valence-electron chi connectivity index (χ2n) is 5.84. The minimum atomic E-state index is -3.54. The number of carbonyl (C=O) groups excluding carboxylic acids is 1. The summed E-state index contributed by atoms with van der Waals surface area (Å²) in [4.78, 5) is 16.5. The lowest BCUT2D eigenvalue weighted by Crippen LogP contribution is -2.41. The van der Waals surface area contributed by atoms with Crippen LogP contribution in [0.1, 0.15) is 12.8 Å². The number of halogens is 1. The average molecular weight is 471 g/mol. The fourth-order valence-electron chi connectivity index (χ4n) is 2.80. The number of piperidine rings is 1. The zero-order chi connectivity index (χ0) is 17.9. The monoisotopic (exact) mass is 471 g/mol. The van der Waals surface area contributed by atoms with Gasteiger partial charge in [-0.2, -0.15) is 4.31 Å². The zero-order valence-corrected chi connectivity index (χ0v) is 16.4. The number of nitrogens with zero attached hydrogens (tertiary/aromatic N) is 2. The molecule has 6 nitrogen and oxygen atoms in total. The number of hydrogen-bond donors (Lipinski definition) is 1. The second-order valence-corrected chi connectivity index (χ2v) is 8.94. The molecular weight excluding hydrogens is 453 g/mol. The van der Waals surface area contributed by atoms with E-state index < -0.39 is 10.0 Å². The van der Waals surface area contributed by atoms with Gasteiger partial charge in [0.15, 0.2) is 0 Å². The third-order valence-electron chi connectivity index (χ3n) is 4.23. The average Bonchev–Trinajstić information content (AvgIpc) is 2.64. The number of amides is 1. The van der Waals surface area contributed by atoms with Crippen LogP contribution in [0, 0.1) is 9.49 Å². The minimum absolute atomic E-state index is 0.0532. The van der Waals surface area contributed by atoms with Crippen LogP contribution in [-0.2, 0) is 14.8 Å². The first-order valence-electron chi connectivity index (χ1n) is 7.94. The number of anilines is 1. The number of sulfonamides is 1. The van der Waals surface area contributed by atoms with Crippen molar-refractivity contribution in [2.75, 3.05) is 18.4 Å². The van der Waals surface area contributed by atoms with Gasteiger partial charge in [0, 0.05) is 35.0 Å². The minimum Gasteiger partial charge on any atom is -0.325 e. The molecule has 1 aliphatic rings. The van der Waals surface area contributed by atoms with Gasteiger partial charge in [-0.15, -0.1) is 0 Å². The van der Waals surface area contributed by atoms with E-state index in [9.17, 15) is 13.2 Å². The lowest BCUT2D eigenvalue weighted by molar-refractivity contribution is -0.120. The zero-order valence-electron chi connectivity index (χ0n) is 13.4. The molecule has 0 aliphatic carbocycles. The highest BCUT2D eigenvalue weighted by Crippen LogP contribution is 2.25. The molecule has 0 unspecified atom stereocenters. The number of benzene rings is 1. The molecule has 3 rings (SSSR count). The molecule has 0 bridgehead atoms. The number of aromatic nitrogens is 1. The Morgan fingerprint density at radius 1 is 1.16 bits per heavy atom. The van der Waals surface area contributed by atoms with Gasteiger partial charge >= 0.3 is 0 Å². The van der Waals surface area contributed by atoms with E-state index in [1.807, 2.05) is 24.3 Å². The van der Waals surface area contributed by atoms with Crippen molar-refractivity contribution in [1.82, 2.24) is 9.29 Å². The molecule has 25 heavy (non-hydrogen) atoms. The number of carbonyl (C=O) groups is 1. The smallest absolute Gasteiger partial charge is 0.244 e. The van der Waals surface area contributed by atoms with Gasteiger partial charge in [0.25, 0.3) is 0 Å². The number of hydrogen-bond acceptors (Lipinski definition) is 4. The predicted molar refractivity (Wildman–Crippen MR) is 104 cm³/mol. The maximum absolute atomic E-state index is 12.6. The Bertz CT molecular complexity index is 850. The number of rotatable bonds is 4. The van der Waals surface area contributed by atoms with Gasteiger partial charge in [0.1, 0.15) is 4.90 Å². The van der Waals surface area contributed by atoms with Crippen molar-refractivity contribution in [3.63, 3.8) is 0 Å². The van der Waals surface area contributed by atoms with Gasteiger partial charge in [0.05, 0.1) is 5.69 Å². The number of pyridine rings is 1. The molecule has 1 aliphatic heterocycles. The quantitative estimate of drug-likeness (QED) is 0.696. The molecule has 1 saturated heterocycles. The van der Waals surface area contributed by atoms with Crippen LogP contribution in [0.15, 0.2) is 53.7 Å². The van der Waals surface area contributed by atoms with Gasteiger partial charge in [-0.3, -0.25) is 9.78 Å². The summed E-state index contributed by atoms with van der Waals surface area (Å²) in [6, 6.07) is 10.7. The highest BCUT2D eigenvalue weighted by Gasteiger charge is 2.32. The number of nitrogens with one attached hydrogen (secondary N) is 1. The SMILES string of the molecule is O=C(Nc1ccccc1I)C1CCN(S(=O)(=O)c2cccnc2)CC1. The van der Waals surface area contributed by atoms with Crippen molar-refractivity contribution in [2.45, 2.75) is 17.7 Å². The van der Waals surface area contributed by atoms with Crippen molar-refractivity contribution in [1.29, 1.82) is 0 Å². The Morgan fingerprint density at radius 2 is 1.88 bits per heavy atom. The summed E-state index contributed by atoms with van der Waals surface area (Å²) < 4.78 is 27.6. The molecule has 1 fully saturated rings. The van der Waals surface area contributed by atoms with Crippen LogP contribution in [-0.4, -0.2) is 36.7 Å². The van der Waals surface area contributed by atoms with Crippen molar-refractivity contribution < 1.29 is 13.2 Å². The second kappa shape index (κ2) is 7.79. The molecule has 1 amide bonds. The van der Waals surface area contributed by atoms with E-state index in [0.717, 1.165) is 9.26 Å². The van der Waals surface area contributed by atoms with E-state index in [0.29, 0.717) is 25.9 Å². The standard InChI is InChI=1S/C17H18IN3O3S/c18-15-5-1-2-6-16(15)20-17(22)13-7-10-21(11-8-13)25(23,24)14-4-3-9-19-12-14/h1-6,9,12-13H,7-8,10-11H2,(H,20,22). The first-order valence-corrected chi connectivity index (χ1v) is 10.5. The Balaban J connectivity index is 1.62. The van der Waals surface area contributed by atoms with Crippen LogP contribution < -0.4 is 5.32 Å². The maximum atomic E-state index is 12.6. The largest absolute Gasteiger partial charge is 0.325 e. The molecular formula is C17H18IN3O3S. The Labute approximate surface area is 160 Å². The summed E-state index contributed by atoms with van der Waals surface area (Å²) in [5.41, 5.74) is 0.790. The summed E-state index contributed by atoms with van der Waals surface area (Å²) >= 11 is 2.18. The van der Waals surface area contributed by atoms with Crippen molar-refractivity contribution in [3.8, 4) is 0 Å². The van der Waals surface area contributed by atoms with Gasteiger partial charge < -0.3 is 5.32 Å². The lowest BCUT2D eigenvalue weighted by atomic mass is 9.97. The molecule has 2 aromatic rings. The molecule has 0 atom stereocenters. The Morgan fingerprint density at radius 3 is 2.52 bits per heavy atom. The van der Waals surface area contributed by atoms with E-state index >= 15 is 0 Å². The summed E-state index contributed by atoms with van der Waals surface area (Å²) in [6.07, 6.45) is 3.91. The van der Waals surface area contributed by atoms with E-state index in [-0.39, 0.29) is 16.7 Å². The normalized spacial score (nSPS) is 16.5. The molecule has 0 spiro atoms. The third kappa shape index (κ3) is 4.18. The van der Waals surface area contributed by atoms with E-state index in [2.05, 4.69) is 32.9 Å². The molecule has 8 heteroatoms. The summed E-state index contributed by atoms with van der Waals surface area (Å²) in [5.74, 6) is -0.237. The van der Waals surface area contributed by atoms with Gasteiger partial charge in [0.2, 0.25) is 15.9 Å². The van der Waals surface area contributed by atoms with E-state index in [1.54, 1.807) is 18.3 Å². The van der Waals surface area contributed by atoms with Crippen molar-refractivity contribution >= 4 is 44.2 Å². The summed E-state index contributed by atoms with van der Waals surface area (Å²) in [7, 11) is -3.54. The molecule has 2 heterocycles. The van der Waals surface area contributed by atoms with Crippen LogP contribution in [0.3, 0.4) is 0 Å². The van der Waals surface area contributed by atoms with E-state index in [1.165, 1.54) is 10.5 Å².